The Morgan fingerprint density at radius 3 is 2.29 bits per heavy atom. The molecule has 0 radical (unpaired) electrons. The zero-order valence-corrected chi connectivity index (χ0v) is 17.6. The minimum Gasteiger partial charge on any atom is -0.456 e. The molecule has 0 aliphatic carbocycles. The standard InChI is InChI=1S/C20H20BrClN2O4/c1-13-5-8-16(11-17(13)22)24-19(26)12-28-20(27)4-2-3-18(25)23-15-9-6-14(21)7-10-15/h5-11H,2-4,12H2,1H3,(H,23,25)(H,24,26). The van der Waals surface area contributed by atoms with Crippen LogP contribution in [0, 0.1) is 6.92 Å². The number of hydrogen-bond donors (Lipinski definition) is 2. The summed E-state index contributed by atoms with van der Waals surface area (Å²) in [4.78, 5) is 35.4. The van der Waals surface area contributed by atoms with Crippen LogP contribution >= 0.6 is 27.5 Å². The first-order valence-corrected chi connectivity index (χ1v) is 9.77. The van der Waals surface area contributed by atoms with E-state index in [1.54, 1.807) is 30.3 Å². The van der Waals surface area contributed by atoms with Gasteiger partial charge in [-0.15, -0.1) is 0 Å². The Morgan fingerprint density at radius 2 is 1.61 bits per heavy atom. The number of benzene rings is 2. The average Bonchev–Trinajstić information content (AvgIpc) is 2.65. The van der Waals surface area contributed by atoms with Crippen LogP contribution in [0.15, 0.2) is 46.9 Å². The van der Waals surface area contributed by atoms with Gasteiger partial charge < -0.3 is 15.4 Å². The van der Waals surface area contributed by atoms with E-state index in [0.29, 0.717) is 22.8 Å². The van der Waals surface area contributed by atoms with E-state index in [-0.39, 0.29) is 18.7 Å². The van der Waals surface area contributed by atoms with E-state index in [1.165, 1.54) is 0 Å². The number of ether oxygens (including phenoxy) is 1. The zero-order valence-electron chi connectivity index (χ0n) is 15.3. The smallest absolute Gasteiger partial charge is 0.306 e. The van der Waals surface area contributed by atoms with Gasteiger partial charge in [0.2, 0.25) is 5.91 Å². The summed E-state index contributed by atoms with van der Waals surface area (Å²) in [5.74, 6) is -1.18. The lowest BCUT2D eigenvalue weighted by Crippen LogP contribution is -2.21. The molecule has 0 bridgehead atoms. The van der Waals surface area contributed by atoms with E-state index in [0.717, 1.165) is 10.0 Å². The minimum atomic E-state index is -0.534. The molecule has 2 aromatic carbocycles. The fourth-order valence-electron chi connectivity index (χ4n) is 2.24. The van der Waals surface area contributed by atoms with Crippen molar-refractivity contribution in [1.29, 1.82) is 0 Å². The van der Waals surface area contributed by atoms with Crippen molar-refractivity contribution in [3.05, 3.63) is 57.5 Å². The van der Waals surface area contributed by atoms with Gasteiger partial charge >= 0.3 is 5.97 Å². The Labute approximate surface area is 176 Å². The van der Waals surface area contributed by atoms with Gasteiger partial charge in [0.25, 0.3) is 5.91 Å². The Bertz CT molecular complexity index is 856. The molecule has 28 heavy (non-hydrogen) atoms. The van der Waals surface area contributed by atoms with E-state index < -0.39 is 18.5 Å². The molecule has 0 aliphatic heterocycles. The third-order valence-electron chi connectivity index (χ3n) is 3.73. The number of hydrogen-bond acceptors (Lipinski definition) is 4. The number of halogens is 2. The molecular weight excluding hydrogens is 448 g/mol. The molecule has 0 spiro atoms. The molecule has 2 rings (SSSR count). The summed E-state index contributed by atoms with van der Waals surface area (Å²) in [5, 5.41) is 5.88. The van der Waals surface area contributed by atoms with Crippen LogP contribution in [0.1, 0.15) is 24.8 Å². The maximum atomic E-state index is 11.8. The van der Waals surface area contributed by atoms with Crippen molar-refractivity contribution in [3.8, 4) is 0 Å². The second-order valence-electron chi connectivity index (χ2n) is 6.08. The van der Waals surface area contributed by atoms with Gasteiger partial charge in [0.1, 0.15) is 0 Å². The van der Waals surface area contributed by atoms with Gasteiger partial charge in [-0.1, -0.05) is 33.6 Å². The Balaban J connectivity index is 1.63. The van der Waals surface area contributed by atoms with Crippen LogP contribution in [0.3, 0.4) is 0 Å². The molecule has 148 valence electrons. The molecule has 2 aromatic rings. The number of nitrogens with one attached hydrogen (secondary N) is 2. The first kappa shape index (κ1) is 21.9. The Kier molecular flexibility index (Phi) is 8.47. The second kappa shape index (κ2) is 10.8. The average molecular weight is 468 g/mol. The number of amides is 2. The summed E-state index contributed by atoms with van der Waals surface area (Å²) in [6, 6.07) is 12.3. The predicted molar refractivity (Wildman–Crippen MR) is 112 cm³/mol. The molecule has 0 unspecified atom stereocenters. The normalized spacial score (nSPS) is 10.2. The molecule has 0 atom stereocenters. The van der Waals surface area contributed by atoms with Crippen LogP contribution < -0.4 is 10.6 Å². The molecule has 0 saturated carbocycles. The summed E-state index contributed by atoms with van der Waals surface area (Å²) in [5.41, 5.74) is 2.11. The third kappa shape index (κ3) is 7.70. The molecule has 0 heterocycles. The highest BCUT2D eigenvalue weighted by molar-refractivity contribution is 9.10. The molecule has 0 saturated heterocycles. The van der Waals surface area contributed by atoms with Gasteiger partial charge in [-0.05, 0) is 55.3 Å². The van der Waals surface area contributed by atoms with Crippen molar-refractivity contribution in [2.45, 2.75) is 26.2 Å². The van der Waals surface area contributed by atoms with Crippen molar-refractivity contribution in [3.63, 3.8) is 0 Å². The largest absolute Gasteiger partial charge is 0.456 e. The fraction of sp³-hybridized carbons (Fsp3) is 0.250. The van der Waals surface area contributed by atoms with Crippen molar-refractivity contribution in [2.24, 2.45) is 0 Å². The number of rotatable bonds is 8. The van der Waals surface area contributed by atoms with Gasteiger partial charge in [-0.25, -0.2) is 0 Å². The number of anilines is 2. The molecule has 6 nitrogen and oxygen atoms in total. The highest BCUT2D eigenvalue weighted by atomic mass is 79.9. The quantitative estimate of drug-likeness (QED) is 0.551. The van der Waals surface area contributed by atoms with E-state index in [2.05, 4.69) is 26.6 Å². The summed E-state index contributed by atoms with van der Waals surface area (Å²) < 4.78 is 5.84. The monoisotopic (exact) mass is 466 g/mol. The minimum absolute atomic E-state index is 0.0530. The zero-order chi connectivity index (χ0) is 20.5. The lowest BCUT2D eigenvalue weighted by atomic mass is 10.2. The van der Waals surface area contributed by atoms with E-state index in [4.69, 9.17) is 16.3 Å². The van der Waals surface area contributed by atoms with Crippen molar-refractivity contribution in [2.75, 3.05) is 17.2 Å². The van der Waals surface area contributed by atoms with Crippen molar-refractivity contribution >= 4 is 56.7 Å². The number of carbonyl (C=O) groups is 3. The molecule has 2 amide bonds. The number of aryl methyl sites for hydroxylation is 1. The fourth-order valence-corrected chi connectivity index (χ4v) is 2.68. The molecule has 0 fully saturated rings. The lowest BCUT2D eigenvalue weighted by Gasteiger charge is -2.08. The van der Waals surface area contributed by atoms with E-state index >= 15 is 0 Å². The van der Waals surface area contributed by atoms with E-state index in [1.807, 2.05) is 19.1 Å². The van der Waals surface area contributed by atoms with E-state index in [9.17, 15) is 14.4 Å². The SMILES string of the molecule is Cc1ccc(NC(=O)COC(=O)CCCC(=O)Nc2ccc(Br)cc2)cc1Cl. The molecule has 0 aliphatic rings. The molecular formula is C20H20BrClN2O4. The Morgan fingerprint density at radius 1 is 0.964 bits per heavy atom. The third-order valence-corrected chi connectivity index (χ3v) is 4.67. The maximum absolute atomic E-state index is 11.8. The van der Waals surface area contributed by atoms with Gasteiger partial charge in [-0.2, -0.15) is 0 Å². The number of carbonyl (C=O) groups excluding carboxylic acids is 3. The maximum Gasteiger partial charge on any atom is 0.306 e. The highest BCUT2D eigenvalue weighted by Gasteiger charge is 2.10. The van der Waals surface area contributed by atoms with Crippen LogP contribution in [0.4, 0.5) is 11.4 Å². The van der Waals surface area contributed by atoms with Gasteiger partial charge in [0, 0.05) is 33.7 Å². The summed E-state index contributed by atoms with van der Waals surface area (Å²) >= 11 is 9.31. The van der Waals surface area contributed by atoms with Gasteiger partial charge in [-0.3, -0.25) is 14.4 Å². The molecule has 2 N–H and O–H groups in total. The van der Waals surface area contributed by atoms with Gasteiger partial charge in [0.15, 0.2) is 6.61 Å². The highest BCUT2D eigenvalue weighted by Crippen LogP contribution is 2.20. The first-order chi connectivity index (χ1) is 13.3. The van der Waals surface area contributed by atoms with Crippen LogP contribution in [0.25, 0.3) is 0 Å². The van der Waals surface area contributed by atoms with Crippen LogP contribution in [0.5, 0.6) is 0 Å². The second-order valence-corrected chi connectivity index (χ2v) is 7.40. The molecule has 0 aromatic heterocycles. The summed E-state index contributed by atoms with van der Waals surface area (Å²) in [7, 11) is 0. The van der Waals surface area contributed by atoms with Gasteiger partial charge in [0.05, 0.1) is 0 Å². The van der Waals surface area contributed by atoms with Crippen molar-refractivity contribution < 1.29 is 19.1 Å². The topological polar surface area (TPSA) is 84.5 Å². The predicted octanol–water partition coefficient (Wildman–Crippen LogP) is 4.70. The first-order valence-electron chi connectivity index (χ1n) is 8.60. The number of esters is 1. The molecule has 8 heteroatoms. The summed E-state index contributed by atoms with van der Waals surface area (Å²) in [6.45, 7) is 1.46. The summed E-state index contributed by atoms with van der Waals surface area (Å²) in [6.07, 6.45) is 0.563. The van der Waals surface area contributed by atoms with Crippen LogP contribution in [-0.4, -0.2) is 24.4 Å². The van der Waals surface area contributed by atoms with Crippen LogP contribution in [-0.2, 0) is 19.1 Å². The lowest BCUT2D eigenvalue weighted by molar-refractivity contribution is -0.147. The van der Waals surface area contributed by atoms with Crippen LogP contribution in [0.2, 0.25) is 5.02 Å². The van der Waals surface area contributed by atoms with Crippen molar-refractivity contribution in [1.82, 2.24) is 0 Å². The Hall–Kier alpha value is -2.38.